The third-order valence-corrected chi connectivity index (χ3v) is 5.05. The van der Waals surface area contributed by atoms with Crippen LogP contribution in [0.15, 0.2) is 29.6 Å². The molecule has 1 aliphatic rings. The number of aryl methyl sites for hydroxylation is 1. The van der Waals surface area contributed by atoms with Gasteiger partial charge < -0.3 is 10.1 Å². The minimum atomic E-state index is -0.255. The van der Waals surface area contributed by atoms with Crippen LogP contribution in [0, 0.1) is 5.82 Å². The number of ether oxygens (including phenoxy) is 1. The van der Waals surface area contributed by atoms with Gasteiger partial charge in [-0.1, -0.05) is 0 Å². The first kappa shape index (κ1) is 18.0. The molecule has 2 heterocycles. The predicted molar refractivity (Wildman–Crippen MR) is 96.1 cm³/mol. The zero-order chi connectivity index (χ0) is 17.5. The summed E-state index contributed by atoms with van der Waals surface area (Å²) in [6.07, 6.45) is 1.04. The first-order valence-electron chi connectivity index (χ1n) is 8.48. The van der Waals surface area contributed by atoms with Crippen LogP contribution in [0.5, 0.6) is 0 Å². The van der Waals surface area contributed by atoms with Gasteiger partial charge in [-0.3, -0.25) is 9.69 Å². The molecule has 2 aromatic rings. The maximum Gasteiger partial charge on any atom is 0.220 e. The van der Waals surface area contributed by atoms with Crippen LogP contribution in [0.3, 0.4) is 0 Å². The van der Waals surface area contributed by atoms with Crippen molar-refractivity contribution in [3.05, 3.63) is 41.2 Å². The van der Waals surface area contributed by atoms with E-state index in [1.54, 1.807) is 12.1 Å². The van der Waals surface area contributed by atoms with E-state index in [1.165, 1.54) is 23.5 Å². The number of nitrogens with zero attached hydrogens (tertiary/aromatic N) is 2. The zero-order valence-corrected chi connectivity index (χ0v) is 14.9. The van der Waals surface area contributed by atoms with Gasteiger partial charge in [0.1, 0.15) is 10.8 Å². The van der Waals surface area contributed by atoms with Gasteiger partial charge in [-0.25, -0.2) is 9.37 Å². The second kappa shape index (κ2) is 9.03. The molecule has 0 atom stereocenters. The van der Waals surface area contributed by atoms with Gasteiger partial charge in [0.25, 0.3) is 0 Å². The molecule has 5 nitrogen and oxygen atoms in total. The summed E-state index contributed by atoms with van der Waals surface area (Å²) in [5, 5.41) is 5.77. The molecule has 134 valence electrons. The van der Waals surface area contributed by atoms with E-state index in [4.69, 9.17) is 4.74 Å². The van der Waals surface area contributed by atoms with Crippen LogP contribution in [0.25, 0.3) is 10.6 Å². The SMILES string of the molecule is O=C(CCc1csc(-c2ccc(F)cc2)n1)NCCN1CCOCC1. The van der Waals surface area contributed by atoms with Crippen molar-refractivity contribution in [3.63, 3.8) is 0 Å². The fourth-order valence-corrected chi connectivity index (χ4v) is 3.52. The molecule has 1 aliphatic heterocycles. The molecule has 1 aromatic carbocycles. The molecule has 0 aliphatic carbocycles. The average Bonchev–Trinajstić information content (AvgIpc) is 3.10. The maximum absolute atomic E-state index is 13.0. The number of amides is 1. The quantitative estimate of drug-likeness (QED) is 0.820. The number of carbonyl (C=O) groups excluding carboxylic acids is 1. The van der Waals surface area contributed by atoms with Crippen LogP contribution in [-0.2, 0) is 16.0 Å². The second-order valence-corrected chi connectivity index (χ2v) is 6.81. The van der Waals surface area contributed by atoms with Gasteiger partial charge in [0.05, 0.1) is 18.9 Å². The first-order valence-corrected chi connectivity index (χ1v) is 9.36. The van der Waals surface area contributed by atoms with E-state index in [1.807, 2.05) is 5.38 Å². The van der Waals surface area contributed by atoms with Gasteiger partial charge in [-0.15, -0.1) is 11.3 Å². The van der Waals surface area contributed by atoms with Crippen LogP contribution in [0.2, 0.25) is 0 Å². The average molecular weight is 363 g/mol. The Morgan fingerprint density at radius 2 is 2.04 bits per heavy atom. The van der Waals surface area contributed by atoms with Crippen molar-refractivity contribution in [2.75, 3.05) is 39.4 Å². The van der Waals surface area contributed by atoms with E-state index >= 15 is 0 Å². The Hall–Kier alpha value is -1.83. The maximum atomic E-state index is 13.0. The lowest BCUT2D eigenvalue weighted by Gasteiger charge is -2.26. The summed E-state index contributed by atoms with van der Waals surface area (Å²) in [4.78, 5) is 18.8. The number of benzene rings is 1. The Balaban J connectivity index is 1.39. The number of carbonyl (C=O) groups is 1. The summed E-state index contributed by atoms with van der Waals surface area (Å²) in [6.45, 7) is 4.93. The van der Waals surface area contributed by atoms with E-state index in [2.05, 4.69) is 15.2 Å². The largest absolute Gasteiger partial charge is 0.379 e. The molecule has 1 N–H and O–H groups in total. The number of rotatable bonds is 7. The van der Waals surface area contributed by atoms with Crippen LogP contribution in [0.1, 0.15) is 12.1 Å². The molecule has 0 unspecified atom stereocenters. The molecule has 7 heteroatoms. The molecule has 0 radical (unpaired) electrons. The summed E-state index contributed by atoms with van der Waals surface area (Å²) in [5.74, 6) is -0.209. The topological polar surface area (TPSA) is 54.5 Å². The number of thiazole rings is 1. The van der Waals surface area contributed by atoms with Crippen LogP contribution < -0.4 is 5.32 Å². The minimum Gasteiger partial charge on any atom is -0.379 e. The number of halogens is 1. The van der Waals surface area contributed by atoms with E-state index in [-0.39, 0.29) is 11.7 Å². The zero-order valence-electron chi connectivity index (χ0n) is 14.0. The fourth-order valence-electron chi connectivity index (χ4n) is 2.66. The van der Waals surface area contributed by atoms with Crippen LogP contribution >= 0.6 is 11.3 Å². The number of nitrogens with one attached hydrogen (secondary N) is 1. The molecule has 1 saturated heterocycles. The monoisotopic (exact) mass is 363 g/mol. The first-order chi connectivity index (χ1) is 12.2. The third-order valence-electron chi connectivity index (χ3n) is 4.11. The Labute approximate surface area is 150 Å². The molecule has 1 fully saturated rings. The van der Waals surface area contributed by atoms with E-state index in [0.29, 0.717) is 19.4 Å². The van der Waals surface area contributed by atoms with Crippen molar-refractivity contribution in [2.24, 2.45) is 0 Å². The van der Waals surface area contributed by atoms with Crippen molar-refractivity contribution in [3.8, 4) is 10.6 Å². The highest BCUT2D eigenvalue weighted by molar-refractivity contribution is 7.13. The van der Waals surface area contributed by atoms with Gasteiger partial charge in [0, 0.05) is 43.5 Å². The Bertz CT molecular complexity index is 684. The van der Waals surface area contributed by atoms with Crippen molar-refractivity contribution >= 4 is 17.2 Å². The molecular weight excluding hydrogens is 341 g/mol. The molecule has 1 aromatic heterocycles. The molecule has 0 saturated carbocycles. The summed E-state index contributed by atoms with van der Waals surface area (Å²) in [6, 6.07) is 6.29. The Kier molecular flexibility index (Phi) is 6.49. The lowest BCUT2D eigenvalue weighted by Crippen LogP contribution is -2.41. The summed E-state index contributed by atoms with van der Waals surface area (Å²) >= 11 is 1.51. The van der Waals surface area contributed by atoms with E-state index in [9.17, 15) is 9.18 Å². The summed E-state index contributed by atoms with van der Waals surface area (Å²) < 4.78 is 18.3. The Morgan fingerprint density at radius 1 is 1.28 bits per heavy atom. The molecule has 25 heavy (non-hydrogen) atoms. The molecule has 0 bridgehead atoms. The van der Waals surface area contributed by atoms with Crippen molar-refractivity contribution < 1.29 is 13.9 Å². The smallest absolute Gasteiger partial charge is 0.220 e. The highest BCUT2D eigenvalue weighted by Gasteiger charge is 2.11. The number of hydrogen-bond donors (Lipinski definition) is 1. The molecule has 1 amide bonds. The molecule has 0 spiro atoms. The van der Waals surface area contributed by atoms with Gasteiger partial charge in [0.2, 0.25) is 5.91 Å². The van der Waals surface area contributed by atoms with Gasteiger partial charge in [0.15, 0.2) is 0 Å². The van der Waals surface area contributed by atoms with Crippen molar-refractivity contribution in [2.45, 2.75) is 12.8 Å². The Morgan fingerprint density at radius 3 is 2.80 bits per heavy atom. The number of aromatic nitrogens is 1. The van der Waals surface area contributed by atoms with E-state index < -0.39 is 0 Å². The molecular formula is C18H22FN3O2S. The molecule has 3 rings (SSSR count). The van der Waals surface area contributed by atoms with Gasteiger partial charge in [-0.05, 0) is 30.7 Å². The van der Waals surface area contributed by atoms with Gasteiger partial charge in [-0.2, -0.15) is 0 Å². The predicted octanol–water partition coefficient (Wildman–Crippen LogP) is 2.33. The number of hydrogen-bond acceptors (Lipinski definition) is 5. The van der Waals surface area contributed by atoms with Gasteiger partial charge >= 0.3 is 0 Å². The van der Waals surface area contributed by atoms with Crippen LogP contribution in [0.4, 0.5) is 4.39 Å². The normalized spacial score (nSPS) is 15.2. The van der Waals surface area contributed by atoms with Crippen LogP contribution in [-0.4, -0.2) is 55.2 Å². The second-order valence-electron chi connectivity index (χ2n) is 5.95. The lowest BCUT2D eigenvalue weighted by molar-refractivity contribution is -0.121. The highest BCUT2D eigenvalue weighted by Crippen LogP contribution is 2.24. The number of morpholine rings is 1. The fraction of sp³-hybridized carbons (Fsp3) is 0.444. The third kappa shape index (κ3) is 5.59. The standard InChI is InChI=1S/C18H22FN3O2S/c19-15-3-1-14(2-4-15)18-21-16(13-25-18)5-6-17(23)20-7-8-22-9-11-24-12-10-22/h1-4,13H,5-12H2,(H,20,23). The lowest BCUT2D eigenvalue weighted by atomic mass is 10.2. The van der Waals surface area contributed by atoms with Crippen molar-refractivity contribution in [1.82, 2.24) is 15.2 Å². The minimum absolute atomic E-state index is 0.0459. The highest BCUT2D eigenvalue weighted by atomic mass is 32.1. The van der Waals surface area contributed by atoms with E-state index in [0.717, 1.165) is 49.1 Å². The van der Waals surface area contributed by atoms with Crippen molar-refractivity contribution in [1.29, 1.82) is 0 Å². The summed E-state index contributed by atoms with van der Waals surface area (Å²) in [5.41, 5.74) is 1.79. The summed E-state index contributed by atoms with van der Waals surface area (Å²) in [7, 11) is 0.